The Morgan fingerprint density at radius 2 is 1.31 bits per heavy atom. The zero-order valence-electron chi connectivity index (χ0n) is 26.0. The first-order chi connectivity index (χ1) is 24.2. The average Bonchev–Trinajstić information content (AvgIpc) is 3.60. The van der Waals surface area contributed by atoms with Crippen molar-refractivity contribution >= 4 is 23.2 Å². The van der Waals surface area contributed by atoms with Gasteiger partial charge in [0, 0.05) is 0 Å². The number of aliphatic hydroxyl groups is 10. The van der Waals surface area contributed by atoms with Crippen LogP contribution in [0.4, 0.5) is 0 Å². The molecule has 6 aliphatic rings. The van der Waals surface area contributed by atoms with Gasteiger partial charge in [-0.2, -0.15) is 0 Å². The smallest absolute Gasteiger partial charge is 0.280 e. The molecular formula is C27H37Cl2N3O19. The van der Waals surface area contributed by atoms with Crippen molar-refractivity contribution in [2.24, 2.45) is 0 Å². The van der Waals surface area contributed by atoms with Gasteiger partial charge in [-0.05, 0) is 0 Å². The van der Waals surface area contributed by atoms with Gasteiger partial charge in [-0.25, -0.2) is 15.0 Å². The number of halogens is 2. The molecule has 4 bridgehead atoms. The second kappa shape index (κ2) is 14.2. The molecular weight excluding hydrogens is 741 g/mol. The molecule has 0 spiro atoms. The monoisotopic (exact) mass is 777 g/mol. The third-order valence-electron chi connectivity index (χ3n) is 9.79. The Morgan fingerprint density at radius 3 is 1.96 bits per heavy atom. The van der Waals surface area contributed by atoms with Crippen LogP contribution in [0.5, 0.6) is 0 Å². The molecule has 7 heterocycles. The normalized spacial score (nSPS) is 54.1. The van der Waals surface area contributed by atoms with Gasteiger partial charge in [0.2, 0.25) is 10.1 Å². The summed E-state index contributed by atoms with van der Waals surface area (Å²) in [7, 11) is 0. The first kappa shape index (κ1) is 38.1. The number of fused-ring (bicyclic) bond motifs is 4. The molecule has 10 N–H and O–H groups in total. The number of hydrogen-bond acceptors (Lipinski definition) is 22. The maximum atomic E-state index is 11.5. The van der Waals surface area contributed by atoms with Crippen LogP contribution in [0, 0.1) is 0 Å². The number of aliphatic hydroxyl groups excluding tert-OH is 8. The van der Waals surface area contributed by atoms with E-state index >= 15 is 0 Å². The van der Waals surface area contributed by atoms with Crippen molar-refractivity contribution in [1.29, 1.82) is 0 Å². The summed E-state index contributed by atoms with van der Waals surface area (Å²) in [5.74, 6) is -3.47. The van der Waals surface area contributed by atoms with Crippen molar-refractivity contribution in [3.8, 4) is 0 Å². The summed E-state index contributed by atoms with van der Waals surface area (Å²) in [6.45, 7) is -2.09. The van der Waals surface area contributed by atoms with Crippen LogP contribution in [0.1, 0.15) is 5.82 Å². The largest absolute Gasteiger partial charge is 0.394 e. The Labute approximate surface area is 296 Å². The van der Waals surface area contributed by atoms with Crippen molar-refractivity contribution in [1.82, 2.24) is 15.0 Å². The lowest BCUT2D eigenvalue weighted by Gasteiger charge is -2.55. The minimum atomic E-state index is -3.31. The van der Waals surface area contributed by atoms with Crippen LogP contribution in [0.2, 0.25) is 0 Å². The fourth-order valence-corrected chi connectivity index (χ4v) is 7.60. The second-order valence-corrected chi connectivity index (χ2v) is 14.0. The summed E-state index contributed by atoms with van der Waals surface area (Å²) in [5.41, 5.74) is 0. The maximum Gasteiger partial charge on any atom is 0.280 e. The summed E-state index contributed by atoms with van der Waals surface area (Å²) in [6.07, 6.45) is -23.7. The van der Waals surface area contributed by atoms with Crippen LogP contribution in [-0.2, 0) is 48.4 Å². The number of rotatable bonds is 9. The Kier molecular flexibility index (Phi) is 10.6. The van der Waals surface area contributed by atoms with Crippen LogP contribution in [-0.4, -0.2) is 207 Å². The molecule has 7 rings (SSSR count). The molecule has 0 saturated carbocycles. The highest BCUT2D eigenvalue weighted by atomic mass is 35.5. The number of ether oxygens (including phenoxy) is 9. The van der Waals surface area contributed by atoms with Gasteiger partial charge in [0.15, 0.2) is 24.7 Å². The second-order valence-electron chi connectivity index (χ2n) is 12.8. The first-order valence-corrected chi connectivity index (χ1v) is 16.5. The van der Waals surface area contributed by atoms with Crippen molar-refractivity contribution in [3.05, 3.63) is 18.5 Å². The summed E-state index contributed by atoms with van der Waals surface area (Å²) >= 11 is 12.6. The Morgan fingerprint density at radius 1 is 0.725 bits per heavy atom. The third-order valence-corrected chi connectivity index (χ3v) is 10.9. The highest BCUT2D eigenvalue weighted by Crippen LogP contribution is 2.55. The topological polar surface area (TPSA) is 324 Å². The molecule has 0 aliphatic carbocycles. The molecule has 6 saturated heterocycles. The number of alkyl halides is 2. The van der Waals surface area contributed by atoms with E-state index in [4.69, 9.17) is 65.8 Å². The Hall–Kier alpha value is -1.17. The van der Waals surface area contributed by atoms with E-state index in [0.717, 1.165) is 12.7 Å². The van der Waals surface area contributed by atoms with Crippen LogP contribution in [0.25, 0.3) is 0 Å². The zero-order valence-corrected chi connectivity index (χ0v) is 27.6. The van der Waals surface area contributed by atoms with Crippen molar-refractivity contribution in [2.45, 2.75) is 120 Å². The lowest BCUT2D eigenvalue weighted by atomic mass is 9.89. The zero-order chi connectivity index (χ0) is 36.6. The van der Waals surface area contributed by atoms with E-state index in [1.807, 2.05) is 0 Å². The summed E-state index contributed by atoms with van der Waals surface area (Å²) in [5, 5.41) is 100. The van der Waals surface area contributed by atoms with Crippen LogP contribution in [0.15, 0.2) is 12.7 Å². The molecule has 6 aliphatic heterocycles. The Balaban J connectivity index is 1.11. The minimum Gasteiger partial charge on any atom is -0.394 e. The molecule has 0 unspecified atom stereocenters. The van der Waals surface area contributed by atoms with Gasteiger partial charge in [-0.3, -0.25) is 0 Å². The van der Waals surface area contributed by atoms with E-state index in [9.17, 15) is 51.1 Å². The minimum absolute atomic E-state index is 0.0570. The number of nitrogens with zero attached hydrogens (tertiary/aromatic N) is 3. The quantitative estimate of drug-likeness (QED) is 0.104. The van der Waals surface area contributed by atoms with E-state index in [1.165, 1.54) is 0 Å². The molecule has 0 amide bonds. The predicted octanol–water partition coefficient (Wildman–Crippen LogP) is -6.81. The highest BCUT2D eigenvalue weighted by Gasteiger charge is 2.76. The predicted molar refractivity (Wildman–Crippen MR) is 154 cm³/mol. The molecule has 0 aromatic carbocycles. The molecule has 288 valence electrons. The van der Waals surface area contributed by atoms with E-state index < -0.39 is 139 Å². The summed E-state index contributed by atoms with van der Waals surface area (Å²) < 4.78 is 51.6. The SMILES string of the molecule is OC[C@H]1O[C@@H](O[C@@H]2[C@H]3OC[C@@H]2O[C@@H](O)[C@H]3O)[C@H](O)[C@@H](O[C@@H]2O[C@H]3CO[C@@H]([C@@H]2O)[C@H]3O[C@]2(c3ncncn3)O[C@H](CO)[C@@H](O)[C@](O)(Cl)[C@]2(O)Cl)[C@@H]1O. The molecule has 22 nitrogen and oxygen atoms in total. The molecule has 51 heavy (non-hydrogen) atoms. The van der Waals surface area contributed by atoms with Crippen LogP contribution >= 0.6 is 23.2 Å². The van der Waals surface area contributed by atoms with E-state index in [2.05, 4.69) is 15.0 Å². The van der Waals surface area contributed by atoms with Gasteiger partial charge in [0.05, 0.1) is 26.4 Å². The lowest BCUT2D eigenvalue weighted by molar-refractivity contribution is -0.424. The highest BCUT2D eigenvalue weighted by molar-refractivity contribution is 6.34. The maximum absolute atomic E-state index is 11.5. The standard InChI is InChI=1S/C27H37Cl2N3O19/c28-25(41)20(39)8(2-34)50-26(27(25,29)42,24-31-5-30-6-32-24)51-16-10-4-44-19(16)14(38)23(47-10)49-17-11(35)7(1-33)46-22(13(17)37)48-15-9-3-43-18(15)12(36)21(40)45-9/h5-23,33-42H,1-4H2/t7-,8-,9+,10+,11-,12+,13-,14+,15+,16+,17+,18+,19+,20-,21-,22+,23+,25-,26+,27-/m1/s1. The molecule has 20 atom stereocenters. The van der Waals surface area contributed by atoms with Crippen LogP contribution < -0.4 is 0 Å². The van der Waals surface area contributed by atoms with Crippen molar-refractivity contribution < 1.29 is 93.7 Å². The lowest BCUT2D eigenvalue weighted by Crippen LogP contribution is -2.76. The summed E-state index contributed by atoms with van der Waals surface area (Å²) in [6, 6.07) is 0. The van der Waals surface area contributed by atoms with E-state index in [1.54, 1.807) is 0 Å². The number of aromatic nitrogens is 3. The molecule has 6 fully saturated rings. The van der Waals surface area contributed by atoms with Crippen molar-refractivity contribution in [3.63, 3.8) is 0 Å². The molecule has 24 heteroatoms. The Bertz CT molecular complexity index is 1380. The molecule has 0 radical (unpaired) electrons. The number of hydrogen-bond donors (Lipinski definition) is 10. The van der Waals surface area contributed by atoms with Crippen molar-refractivity contribution in [2.75, 3.05) is 26.4 Å². The fraction of sp³-hybridized carbons (Fsp3) is 0.889. The van der Waals surface area contributed by atoms with Gasteiger partial charge >= 0.3 is 0 Å². The van der Waals surface area contributed by atoms with Gasteiger partial charge in [0.25, 0.3) is 5.79 Å². The average molecular weight is 779 g/mol. The first-order valence-electron chi connectivity index (χ1n) is 15.8. The molecule has 1 aromatic rings. The van der Waals surface area contributed by atoms with Gasteiger partial charge in [0.1, 0.15) is 98.1 Å². The van der Waals surface area contributed by atoms with Gasteiger partial charge in [-0.1, -0.05) is 23.2 Å². The van der Waals surface area contributed by atoms with Gasteiger partial charge in [-0.15, -0.1) is 0 Å². The van der Waals surface area contributed by atoms with E-state index in [0.29, 0.717) is 0 Å². The van der Waals surface area contributed by atoms with E-state index in [-0.39, 0.29) is 13.2 Å². The fourth-order valence-electron chi connectivity index (χ4n) is 7.05. The van der Waals surface area contributed by atoms with Crippen LogP contribution in [0.3, 0.4) is 0 Å². The molecule has 1 aromatic heterocycles. The summed E-state index contributed by atoms with van der Waals surface area (Å²) in [4.78, 5) is 11.5. The third kappa shape index (κ3) is 6.07. The van der Waals surface area contributed by atoms with Gasteiger partial charge < -0.3 is 93.7 Å².